The van der Waals surface area contributed by atoms with Gasteiger partial charge in [-0.15, -0.1) is 0 Å². The number of carbonyl (C=O) groups excluding carboxylic acids is 2. The summed E-state index contributed by atoms with van der Waals surface area (Å²) in [5.74, 6) is -0.936. The molecule has 0 aliphatic heterocycles. The van der Waals surface area contributed by atoms with E-state index in [2.05, 4.69) is 5.32 Å². The Bertz CT molecular complexity index is 486. The van der Waals surface area contributed by atoms with Crippen LogP contribution in [-0.4, -0.2) is 42.8 Å². The first-order chi connectivity index (χ1) is 9.06. The molecule has 0 radical (unpaired) electrons. The molecule has 1 aliphatic carbocycles. The molecule has 1 N–H and O–H groups in total. The summed E-state index contributed by atoms with van der Waals surface area (Å²) in [5.41, 5.74) is 0.0666. The van der Waals surface area contributed by atoms with Crippen LogP contribution in [0.4, 0.5) is 4.39 Å². The van der Waals surface area contributed by atoms with E-state index in [9.17, 15) is 14.0 Å². The molecule has 19 heavy (non-hydrogen) atoms. The monoisotopic (exact) mass is 264 g/mol. The maximum atomic E-state index is 13.4. The molecule has 0 atom stereocenters. The van der Waals surface area contributed by atoms with Gasteiger partial charge in [-0.1, -0.05) is 12.1 Å². The van der Waals surface area contributed by atoms with Gasteiger partial charge >= 0.3 is 0 Å². The van der Waals surface area contributed by atoms with Gasteiger partial charge in [0.25, 0.3) is 0 Å². The van der Waals surface area contributed by atoms with Crippen molar-refractivity contribution >= 4 is 11.7 Å². The van der Waals surface area contributed by atoms with Gasteiger partial charge in [-0.25, -0.2) is 4.39 Å². The van der Waals surface area contributed by atoms with Crippen molar-refractivity contribution in [2.45, 2.75) is 18.9 Å². The maximum absolute atomic E-state index is 13.4. The minimum atomic E-state index is -0.525. The average molecular weight is 264 g/mol. The van der Waals surface area contributed by atoms with Crippen LogP contribution in [0, 0.1) is 5.82 Å². The average Bonchev–Trinajstić information content (AvgIpc) is 3.12. The number of hydrogen-bond acceptors (Lipinski definition) is 3. The molecule has 0 unspecified atom stereocenters. The van der Waals surface area contributed by atoms with Crippen molar-refractivity contribution in [2.24, 2.45) is 0 Å². The Hall–Kier alpha value is -1.75. The molecule has 1 amide bonds. The van der Waals surface area contributed by atoms with Crippen LogP contribution in [0.1, 0.15) is 23.2 Å². The van der Waals surface area contributed by atoms with Gasteiger partial charge in [-0.3, -0.25) is 14.5 Å². The lowest BCUT2D eigenvalue weighted by molar-refractivity contribution is -0.121. The van der Waals surface area contributed by atoms with Crippen LogP contribution in [0.25, 0.3) is 0 Å². The highest BCUT2D eigenvalue weighted by Gasteiger charge is 2.24. The molecule has 1 aromatic rings. The predicted molar refractivity (Wildman–Crippen MR) is 69.4 cm³/mol. The zero-order valence-corrected chi connectivity index (χ0v) is 10.9. The minimum Gasteiger partial charge on any atom is -0.352 e. The third-order valence-electron chi connectivity index (χ3n) is 2.94. The predicted octanol–water partition coefficient (Wildman–Crippen LogP) is 1.22. The van der Waals surface area contributed by atoms with Gasteiger partial charge in [-0.05, 0) is 32.0 Å². The molecular formula is C14H17FN2O2. The van der Waals surface area contributed by atoms with E-state index in [1.54, 1.807) is 24.1 Å². The first-order valence-corrected chi connectivity index (χ1v) is 6.32. The van der Waals surface area contributed by atoms with Gasteiger partial charge in [-0.2, -0.15) is 0 Å². The van der Waals surface area contributed by atoms with Crippen molar-refractivity contribution in [2.75, 3.05) is 20.1 Å². The topological polar surface area (TPSA) is 49.4 Å². The number of nitrogens with one attached hydrogen (secondary N) is 1. The first kappa shape index (κ1) is 13.7. The highest BCUT2D eigenvalue weighted by Crippen LogP contribution is 2.18. The van der Waals surface area contributed by atoms with Crippen molar-refractivity contribution in [3.05, 3.63) is 35.6 Å². The van der Waals surface area contributed by atoms with Crippen LogP contribution >= 0.6 is 0 Å². The third-order valence-corrected chi connectivity index (χ3v) is 2.94. The van der Waals surface area contributed by atoms with Crippen LogP contribution in [0.3, 0.4) is 0 Å². The SMILES string of the molecule is CN(CC(=O)NC1CC1)CC(=O)c1ccccc1F. The van der Waals surface area contributed by atoms with Gasteiger partial charge in [0.1, 0.15) is 5.82 Å². The molecular weight excluding hydrogens is 247 g/mol. The summed E-state index contributed by atoms with van der Waals surface area (Å²) in [6, 6.07) is 6.18. The van der Waals surface area contributed by atoms with Crippen LogP contribution in [0.5, 0.6) is 0 Å². The highest BCUT2D eigenvalue weighted by molar-refractivity contribution is 5.98. The number of hydrogen-bond donors (Lipinski definition) is 1. The number of amides is 1. The first-order valence-electron chi connectivity index (χ1n) is 6.32. The second-order valence-electron chi connectivity index (χ2n) is 4.92. The number of nitrogens with zero attached hydrogens (tertiary/aromatic N) is 1. The molecule has 0 aromatic heterocycles. The summed E-state index contributed by atoms with van der Waals surface area (Å²) in [4.78, 5) is 25.0. The van der Waals surface area contributed by atoms with Gasteiger partial charge in [0.15, 0.2) is 5.78 Å². The van der Waals surface area contributed by atoms with E-state index >= 15 is 0 Å². The van der Waals surface area contributed by atoms with E-state index in [1.165, 1.54) is 12.1 Å². The van der Waals surface area contributed by atoms with E-state index in [-0.39, 0.29) is 30.3 Å². The number of Topliss-reactive ketones (excluding diaryl/α,β-unsaturated/α-hetero) is 1. The van der Waals surface area contributed by atoms with Crippen LogP contribution < -0.4 is 5.32 Å². The summed E-state index contributed by atoms with van der Waals surface area (Å²) in [6.07, 6.45) is 2.06. The number of benzene rings is 1. The van der Waals surface area contributed by atoms with Gasteiger partial charge in [0.05, 0.1) is 18.7 Å². The number of ketones is 1. The molecule has 0 heterocycles. The van der Waals surface area contributed by atoms with E-state index < -0.39 is 5.82 Å². The van der Waals surface area contributed by atoms with E-state index in [0.29, 0.717) is 6.04 Å². The van der Waals surface area contributed by atoms with E-state index in [4.69, 9.17) is 0 Å². The Balaban J connectivity index is 1.84. The quantitative estimate of drug-likeness (QED) is 0.786. The number of likely N-dealkylation sites (N-methyl/N-ethyl adjacent to an activating group) is 1. The molecule has 1 aliphatic rings. The summed E-state index contributed by atoms with van der Waals surface area (Å²) in [6.45, 7) is 0.176. The molecule has 1 saturated carbocycles. The third kappa shape index (κ3) is 4.13. The molecule has 2 rings (SSSR count). The molecule has 4 nitrogen and oxygen atoms in total. The Labute approximate surface area is 111 Å². The van der Waals surface area contributed by atoms with Crippen molar-refractivity contribution in [3.8, 4) is 0 Å². The fourth-order valence-electron chi connectivity index (χ4n) is 1.82. The molecule has 0 saturated heterocycles. The summed E-state index contributed by atoms with van der Waals surface area (Å²) in [5, 5.41) is 2.84. The van der Waals surface area contributed by atoms with Crippen LogP contribution in [0.2, 0.25) is 0 Å². The van der Waals surface area contributed by atoms with Crippen LogP contribution in [-0.2, 0) is 4.79 Å². The largest absolute Gasteiger partial charge is 0.352 e. The summed E-state index contributed by atoms with van der Waals surface area (Å²) in [7, 11) is 1.67. The Morgan fingerprint density at radius 2 is 2.00 bits per heavy atom. The van der Waals surface area contributed by atoms with Gasteiger partial charge in [0, 0.05) is 6.04 Å². The lowest BCUT2D eigenvalue weighted by Gasteiger charge is -2.15. The molecule has 1 fully saturated rings. The van der Waals surface area contributed by atoms with E-state index in [0.717, 1.165) is 12.8 Å². The highest BCUT2D eigenvalue weighted by atomic mass is 19.1. The van der Waals surface area contributed by atoms with Crippen LogP contribution in [0.15, 0.2) is 24.3 Å². The van der Waals surface area contributed by atoms with Gasteiger partial charge < -0.3 is 5.32 Å². The lowest BCUT2D eigenvalue weighted by Crippen LogP contribution is -2.38. The molecule has 1 aromatic carbocycles. The maximum Gasteiger partial charge on any atom is 0.234 e. The Kier molecular flexibility index (Phi) is 4.27. The normalized spacial score (nSPS) is 14.5. The fraction of sp³-hybridized carbons (Fsp3) is 0.429. The number of carbonyl (C=O) groups is 2. The minimum absolute atomic E-state index is 0.0268. The zero-order chi connectivity index (χ0) is 13.8. The summed E-state index contributed by atoms with van der Waals surface area (Å²) < 4.78 is 13.4. The lowest BCUT2D eigenvalue weighted by atomic mass is 10.1. The van der Waals surface area contributed by atoms with Crippen molar-refractivity contribution in [3.63, 3.8) is 0 Å². The van der Waals surface area contributed by atoms with Gasteiger partial charge in [0.2, 0.25) is 5.91 Å². The number of rotatable bonds is 6. The zero-order valence-electron chi connectivity index (χ0n) is 10.9. The number of halogens is 1. The Morgan fingerprint density at radius 3 is 2.63 bits per heavy atom. The molecule has 102 valence electrons. The molecule has 0 bridgehead atoms. The summed E-state index contributed by atoms with van der Waals surface area (Å²) >= 11 is 0. The van der Waals surface area contributed by atoms with E-state index in [1.807, 2.05) is 0 Å². The fourth-order valence-corrected chi connectivity index (χ4v) is 1.82. The second-order valence-corrected chi connectivity index (χ2v) is 4.92. The van der Waals surface area contributed by atoms with Crippen molar-refractivity contribution in [1.29, 1.82) is 0 Å². The molecule has 5 heteroatoms. The van der Waals surface area contributed by atoms with Crippen molar-refractivity contribution < 1.29 is 14.0 Å². The molecule has 0 spiro atoms. The Morgan fingerprint density at radius 1 is 1.32 bits per heavy atom. The standard InChI is InChI=1S/C14H17FN2O2/c1-17(9-14(19)16-10-6-7-10)8-13(18)11-4-2-3-5-12(11)15/h2-5,10H,6-9H2,1H3,(H,16,19). The smallest absolute Gasteiger partial charge is 0.234 e. The second kappa shape index (κ2) is 5.93. The van der Waals surface area contributed by atoms with Crippen molar-refractivity contribution in [1.82, 2.24) is 10.2 Å².